The first-order valence-corrected chi connectivity index (χ1v) is 6.75. The normalized spacial score (nSPS) is 12.3. The van der Waals surface area contributed by atoms with Gasteiger partial charge in [0.15, 0.2) is 0 Å². The molecule has 2 aromatic carbocycles. The highest BCUT2D eigenvalue weighted by atomic mass is 32.2. The van der Waals surface area contributed by atoms with Crippen LogP contribution in [0.15, 0.2) is 65.6 Å². The molecule has 0 bridgehead atoms. The molecular weight excluding hydrogens is 228 g/mol. The Hall–Kier alpha value is -1.25. The lowest BCUT2D eigenvalue weighted by Crippen LogP contribution is -1.98. The van der Waals surface area contributed by atoms with E-state index in [1.807, 2.05) is 48.5 Å². The van der Waals surface area contributed by atoms with Crippen molar-refractivity contribution in [3.8, 4) is 0 Å². The standard InChI is InChI=1S/C15H16OS/c16-15(13-7-3-1-4-8-13)11-12-17-14-9-5-2-6-10-14/h1-10,15-16H,11-12H2. The van der Waals surface area contributed by atoms with Crippen molar-refractivity contribution in [2.75, 3.05) is 5.75 Å². The van der Waals surface area contributed by atoms with Crippen molar-refractivity contribution < 1.29 is 5.11 Å². The van der Waals surface area contributed by atoms with Gasteiger partial charge in [-0.3, -0.25) is 0 Å². The van der Waals surface area contributed by atoms with Crippen molar-refractivity contribution in [3.63, 3.8) is 0 Å². The predicted molar refractivity (Wildman–Crippen MR) is 73.2 cm³/mol. The van der Waals surface area contributed by atoms with Crippen molar-refractivity contribution in [1.29, 1.82) is 0 Å². The maximum absolute atomic E-state index is 9.99. The number of hydrogen-bond donors (Lipinski definition) is 1. The van der Waals surface area contributed by atoms with Crippen LogP contribution in [0, 0.1) is 0 Å². The number of aliphatic hydroxyl groups is 1. The molecule has 0 heterocycles. The molecule has 2 heteroatoms. The second-order valence-corrected chi connectivity index (χ2v) is 5.04. The van der Waals surface area contributed by atoms with Crippen molar-refractivity contribution in [2.45, 2.75) is 17.4 Å². The van der Waals surface area contributed by atoms with Gasteiger partial charge in [-0.05, 0) is 24.1 Å². The second kappa shape index (κ2) is 6.48. The average Bonchev–Trinajstić information content (AvgIpc) is 2.41. The molecule has 0 radical (unpaired) electrons. The molecule has 0 saturated carbocycles. The van der Waals surface area contributed by atoms with Crippen molar-refractivity contribution in [3.05, 3.63) is 66.2 Å². The molecule has 1 nitrogen and oxygen atoms in total. The van der Waals surface area contributed by atoms with Crippen LogP contribution in [0.2, 0.25) is 0 Å². The number of benzene rings is 2. The Bertz CT molecular complexity index is 427. The van der Waals surface area contributed by atoms with Gasteiger partial charge in [-0.25, -0.2) is 0 Å². The van der Waals surface area contributed by atoms with E-state index < -0.39 is 0 Å². The van der Waals surface area contributed by atoms with E-state index in [4.69, 9.17) is 0 Å². The zero-order valence-corrected chi connectivity index (χ0v) is 10.4. The summed E-state index contributed by atoms with van der Waals surface area (Å²) in [5.74, 6) is 0.931. The van der Waals surface area contributed by atoms with Crippen LogP contribution < -0.4 is 0 Å². The highest BCUT2D eigenvalue weighted by Gasteiger charge is 2.06. The second-order valence-electron chi connectivity index (χ2n) is 3.88. The van der Waals surface area contributed by atoms with E-state index in [2.05, 4.69) is 12.1 Å². The summed E-state index contributed by atoms with van der Waals surface area (Å²) in [6.45, 7) is 0. The third kappa shape index (κ3) is 3.91. The molecule has 0 aliphatic heterocycles. The van der Waals surface area contributed by atoms with Crippen LogP contribution in [-0.4, -0.2) is 10.9 Å². The van der Waals surface area contributed by atoms with Crippen molar-refractivity contribution in [1.82, 2.24) is 0 Å². The third-order valence-corrected chi connectivity index (χ3v) is 3.63. The molecule has 1 N–H and O–H groups in total. The lowest BCUT2D eigenvalue weighted by molar-refractivity contribution is 0.175. The number of aliphatic hydroxyl groups excluding tert-OH is 1. The average molecular weight is 244 g/mol. The molecule has 0 fully saturated rings. The summed E-state index contributed by atoms with van der Waals surface area (Å²) in [6.07, 6.45) is 0.427. The topological polar surface area (TPSA) is 20.2 Å². The fourth-order valence-corrected chi connectivity index (χ4v) is 2.57. The lowest BCUT2D eigenvalue weighted by Gasteiger charge is -2.10. The highest BCUT2D eigenvalue weighted by molar-refractivity contribution is 7.99. The highest BCUT2D eigenvalue weighted by Crippen LogP contribution is 2.23. The molecule has 0 aliphatic rings. The lowest BCUT2D eigenvalue weighted by atomic mass is 10.1. The van der Waals surface area contributed by atoms with Crippen LogP contribution in [0.5, 0.6) is 0 Å². The number of rotatable bonds is 5. The Morgan fingerprint density at radius 2 is 1.47 bits per heavy atom. The first-order valence-electron chi connectivity index (χ1n) is 5.77. The molecule has 2 rings (SSSR count). The van der Waals surface area contributed by atoms with E-state index in [0.717, 1.165) is 17.7 Å². The third-order valence-electron chi connectivity index (χ3n) is 2.59. The molecule has 1 atom stereocenters. The molecular formula is C15H16OS. The van der Waals surface area contributed by atoms with E-state index in [0.29, 0.717) is 0 Å². The molecule has 0 amide bonds. The molecule has 1 unspecified atom stereocenters. The molecule has 88 valence electrons. The summed E-state index contributed by atoms with van der Waals surface area (Å²) in [5.41, 5.74) is 1.00. The predicted octanol–water partition coefficient (Wildman–Crippen LogP) is 3.90. The van der Waals surface area contributed by atoms with E-state index in [-0.39, 0.29) is 6.10 Å². The van der Waals surface area contributed by atoms with Gasteiger partial charge in [0.2, 0.25) is 0 Å². The van der Waals surface area contributed by atoms with Gasteiger partial charge >= 0.3 is 0 Å². The fourth-order valence-electron chi connectivity index (χ4n) is 1.65. The Morgan fingerprint density at radius 1 is 0.882 bits per heavy atom. The summed E-state index contributed by atoms with van der Waals surface area (Å²) >= 11 is 1.78. The monoisotopic (exact) mass is 244 g/mol. The zero-order valence-electron chi connectivity index (χ0n) is 9.62. The Morgan fingerprint density at radius 3 is 2.12 bits per heavy atom. The van der Waals surface area contributed by atoms with Crippen LogP contribution in [0.4, 0.5) is 0 Å². The van der Waals surface area contributed by atoms with Crippen LogP contribution in [-0.2, 0) is 0 Å². The maximum Gasteiger partial charge on any atom is 0.0798 e. The Kier molecular flexibility index (Phi) is 4.65. The summed E-state index contributed by atoms with van der Waals surface area (Å²) in [7, 11) is 0. The van der Waals surface area contributed by atoms with Crippen molar-refractivity contribution >= 4 is 11.8 Å². The molecule has 0 aliphatic carbocycles. The van der Waals surface area contributed by atoms with E-state index >= 15 is 0 Å². The van der Waals surface area contributed by atoms with Crippen LogP contribution >= 0.6 is 11.8 Å². The number of hydrogen-bond acceptors (Lipinski definition) is 2. The van der Waals surface area contributed by atoms with Crippen molar-refractivity contribution in [2.24, 2.45) is 0 Å². The molecule has 2 aromatic rings. The molecule has 0 saturated heterocycles. The van der Waals surface area contributed by atoms with E-state index in [9.17, 15) is 5.11 Å². The fraction of sp³-hybridized carbons (Fsp3) is 0.200. The Balaban J connectivity index is 1.79. The van der Waals surface area contributed by atoms with Gasteiger partial charge in [0, 0.05) is 10.6 Å². The van der Waals surface area contributed by atoms with Gasteiger partial charge in [-0.15, -0.1) is 11.8 Å². The Labute approximate surface area is 107 Å². The van der Waals surface area contributed by atoms with E-state index in [1.54, 1.807) is 11.8 Å². The van der Waals surface area contributed by atoms with Gasteiger partial charge in [-0.2, -0.15) is 0 Å². The molecule has 0 aromatic heterocycles. The largest absolute Gasteiger partial charge is 0.388 e. The van der Waals surface area contributed by atoms with E-state index in [1.165, 1.54) is 4.90 Å². The number of thioether (sulfide) groups is 1. The first kappa shape index (κ1) is 12.2. The zero-order chi connectivity index (χ0) is 11.9. The minimum Gasteiger partial charge on any atom is -0.388 e. The quantitative estimate of drug-likeness (QED) is 0.805. The van der Waals surface area contributed by atoms with Gasteiger partial charge in [-0.1, -0.05) is 48.5 Å². The first-order chi connectivity index (χ1) is 8.36. The maximum atomic E-state index is 9.99. The molecule has 17 heavy (non-hydrogen) atoms. The minimum absolute atomic E-state index is 0.354. The summed E-state index contributed by atoms with van der Waals surface area (Å²) in [5, 5.41) is 9.99. The summed E-state index contributed by atoms with van der Waals surface area (Å²) in [6, 6.07) is 20.1. The van der Waals surface area contributed by atoms with Gasteiger partial charge < -0.3 is 5.11 Å². The van der Waals surface area contributed by atoms with Gasteiger partial charge in [0.05, 0.1) is 6.10 Å². The van der Waals surface area contributed by atoms with Gasteiger partial charge in [0.1, 0.15) is 0 Å². The SMILES string of the molecule is OC(CCSc1ccccc1)c1ccccc1. The van der Waals surface area contributed by atoms with Crippen LogP contribution in [0.25, 0.3) is 0 Å². The van der Waals surface area contributed by atoms with Crippen LogP contribution in [0.1, 0.15) is 18.1 Å². The summed E-state index contributed by atoms with van der Waals surface area (Å²) in [4.78, 5) is 1.26. The minimum atomic E-state index is -0.354. The smallest absolute Gasteiger partial charge is 0.0798 e. The molecule has 0 spiro atoms. The van der Waals surface area contributed by atoms with Gasteiger partial charge in [0.25, 0.3) is 0 Å². The van der Waals surface area contributed by atoms with Crippen LogP contribution in [0.3, 0.4) is 0 Å². The summed E-state index contributed by atoms with van der Waals surface area (Å²) < 4.78 is 0.